The molecule has 1 N–H and O–H groups in total. The lowest BCUT2D eigenvalue weighted by atomic mass is 10.0. The summed E-state index contributed by atoms with van der Waals surface area (Å²) in [6, 6.07) is 7.60. The third-order valence-electron chi connectivity index (χ3n) is 3.35. The van der Waals surface area contributed by atoms with Crippen LogP contribution in [-0.4, -0.2) is 0 Å². The maximum Gasteiger partial charge on any atom is 0.146 e. The van der Waals surface area contributed by atoms with Crippen molar-refractivity contribution in [2.45, 2.75) is 27.3 Å². The van der Waals surface area contributed by atoms with E-state index in [1.54, 1.807) is 0 Å². The fraction of sp³-hybridized carbons (Fsp3) is 0.250. The highest BCUT2D eigenvalue weighted by atomic mass is 19.1. The van der Waals surface area contributed by atoms with Gasteiger partial charge in [0.15, 0.2) is 0 Å². The Morgan fingerprint density at radius 2 is 1.58 bits per heavy atom. The first-order chi connectivity index (χ1) is 8.97. The lowest BCUT2D eigenvalue weighted by Crippen LogP contribution is -2.04. The molecule has 0 unspecified atom stereocenters. The van der Waals surface area contributed by atoms with Crippen LogP contribution in [0.3, 0.4) is 0 Å². The van der Waals surface area contributed by atoms with E-state index in [1.807, 2.05) is 13.8 Å². The molecule has 1 nitrogen and oxygen atoms in total. The maximum atomic E-state index is 13.5. The van der Waals surface area contributed by atoms with Gasteiger partial charge in [-0.3, -0.25) is 0 Å². The van der Waals surface area contributed by atoms with E-state index in [4.69, 9.17) is 0 Å². The SMILES string of the molecule is Cc1cc(C)c(CNc2cc(F)ccc2F)cc1C. The van der Waals surface area contributed by atoms with Gasteiger partial charge < -0.3 is 5.32 Å². The molecule has 0 radical (unpaired) electrons. The molecule has 0 aliphatic rings. The number of nitrogens with one attached hydrogen (secondary N) is 1. The molecule has 0 aliphatic heterocycles. The van der Waals surface area contributed by atoms with Crippen LogP contribution in [0, 0.1) is 32.4 Å². The molecule has 0 fully saturated rings. The Bertz CT molecular complexity index is 606. The van der Waals surface area contributed by atoms with Crippen LogP contribution in [0.25, 0.3) is 0 Å². The summed E-state index contributed by atoms with van der Waals surface area (Å²) in [4.78, 5) is 0. The van der Waals surface area contributed by atoms with Gasteiger partial charge in [0, 0.05) is 6.54 Å². The second kappa shape index (κ2) is 5.39. The number of anilines is 1. The molecule has 0 aliphatic carbocycles. The average molecular weight is 261 g/mol. The summed E-state index contributed by atoms with van der Waals surface area (Å²) in [5.41, 5.74) is 4.86. The zero-order valence-corrected chi connectivity index (χ0v) is 11.3. The molecule has 3 heteroatoms. The summed E-state index contributed by atoms with van der Waals surface area (Å²) < 4.78 is 26.5. The second-order valence-electron chi connectivity index (χ2n) is 4.84. The fourth-order valence-corrected chi connectivity index (χ4v) is 2.03. The first kappa shape index (κ1) is 13.5. The molecule has 0 spiro atoms. The van der Waals surface area contributed by atoms with Gasteiger partial charge in [-0.25, -0.2) is 8.78 Å². The van der Waals surface area contributed by atoms with Crippen molar-refractivity contribution in [2.75, 3.05) is 5.32 Å². The van der Waals surface area contributed by atoms with Gasteiger partial charge in [0.25, 0.3) is 0 Å². The molecule has 2 rings (SSSR count). The van der Waals surface area contributed by atoms with Gasteiger partial charge in [0.05, 0.1) is 5.69 Å². The predicted molar refractivity (Wildman–Crippen MR) is 74.3 cm³/mol. The number of hydrogen-bond donors (Lipinski definition) is 1. The Balaban J connectivity index is 2.19. The van der Waals surface area contributed by atoms with E-state index in [0.717, 1.165) is 23.3 Å². The largest absolute Gasteiger partial charge is 0.379 e. The third kappa shape index (κ3) is 3.11. The normalized spacial score (nSPS) is 10.6. The molecular weight excluding hydrogens is 244 g/mol. The molecule has 0 saturated heterocycles. The molecule has 2 aromatic carbocycles. The van der Waals surface area contributed by atoms with Crippen molar-refractivity contribution in [2.24, 2.45) is 0 Å². The van der Waals surface area contributed by atoms with Crippen LogP contribution in [0.4, 0.5) is 14.5 Å². The maximum absolute atomic E-state index is 13.5. The Kier molecular flexibility index (Phi) is 3.84. The molecule has 0 bridgehead atoms. The highest BCUT2D eigenvalue weighted by Crippen LogP contribution is 2.19. The van der Waals surface area contributed by atoms with Crippen LogP contribution in [0.5, 0.6) is 0 Å². The molecule has 0 atom stereocenters. The van der Waals surface area contributed by atoms with Gasteiger partial charge in [-0.1, -0.05) is 12.1 Å². The van der Waals surface area contributed by atoms with Gasteiger partial charge in [-0.05, 0) is 61.2 Å². The van der Waals surface area contributed by atoms with Crippen molar-refractivity contribution in [1.82, 2.24) is 0 Å². The Labute approximate surface area is 112 Å². The van der Waals surface area contributed by atoms with Crippen molar-refractivity contribution in [1.29, 1.82) is 0 Å². The molecule has 100 valence electrons. The van der Waals surface area contributed by atoms with Gasteiger partial charge in [0.1, 0.15) is 11.6 Å². The lowest BCUT2D eigenvalue weighted by molar-refractivity contribution is 0.602. The zero-order chi connectivity index (χ0) is 14.0. The Hall–Kier alpha value is -1.90. The summed E-state index contributed by atoms with van der Waals surface area (Å²) in [5, 5.41) is 2.94. The summed E-state index contributed by atoms with van der Waals surface area (Å²) in [7, 11) is 0. The smallest absolute Gasteiger partial charge is 0.146 e. The van der Waals surface area contributed by atoms with Crippen molar-refractivity contribution in [3.63, 3.8) is 0 Å². The summed E-state index contributed by atoms with van der Waals surface area (Å²) in [6.07, 6.45) is 0. The fourth-order valence-electron chi connectivity index (χ4n) is 2.03. The Morgan fingerprint density at radius 1 is 0.895 bits per heavy atom. The highest BCUT2D eigenvalue weighted by Gasteiger charge is 2.05. The van der Waals surface area contributed by atoms with E-state index in [0.29, 0.717) is 6.54 Å². The topological polar surface area (TPSA) is 12.0 Å². The summed E-state index contributed by atoms with van der Waals surface area (Å²) >= 11 is 0. The van der Waals surface area contributed by atoms with Crippen molar-refractivity contribution >= 4 is 5.69 Å². The first-order valence-electron chi connectivity index (χ1n) is 6.23. The first-order valence-corrected chi connectivity index (χ1v) is 6.23. The van der Waals surface area contributed by atoms with E-state index in [9.17, 15) is 8.78 Å². The molecule has 0 saturated carbocycles. The predicted octanol–water partition coefficient (Wildman–Crippen LogP) is 4.50. The van der Waals surface area contributed by atoms with E-state index >= 15 is 0 Å². The number of hydrogen-bond acceptors (Lipinski definition) is 1. The quantitative estimate of drug-likeness (QED) is 0.857. The minimum Gasteiger partial charge on any atom is -0.379 e. The monoisotopic (exact) mass is 261 g/mol. The zero-order valence-electron chi connectivity index (χ0n) is 11.3. The van der Waals surface area contributed by atoms with Gasteiger partial charge in [0.2, 0.25) is 0 Å². The van der Waals surface area contributed by atoms with E-state index in [-0.39, 0.29) is 5.69 Å². The van der Waals surface area contributed by atoms with Gasteiger partial charge in [-0.2, -0.15) is 0 Å². The Morgan fingerprint density at radius 3 is 2.32 bits per heavy atom. The molecule has 2 aromatic rings. The number of halogens is 2. The van der Waals surface area contributed by atoms with Crippen LogP contribution in [0.1, 0.15) is 22.3 Å². The number of benzene rings is 2. The van der Waals surface area contributed by atoms with Crippen molar-refractivity contribution in [3.05, 3.63) is 64.2 Å². The standard InChI is InChI=1S/C16H17F2N/c1-10-6-12(3)13(7-11(10)2)9-19-16-8-14(17)4-5-15(16)18/h4-8,19H,9H2,1-3H3. The minimum absolute atomic E-state index is 0.192. The lowest BCUT2D eigenvalue weighted by Gasteiger charge is -2.12. The second-order valence-corrected chi connectivity index (χ2v) is 4.84. The van der Waals surface area contributed by atoms with Crippen LogP contribution >= 0.6 is 0 Å². The van der Waals surface area contributed by atoms with E-state index in [2.05, 4.69) is 24.4 Å². The highest BCUT2D eigenvalue weighted by molar-refractivity contribution is 5.46. The van der Waals surface area contributed by atoms with Crippen LogP contribution in [-0.2, 0) is 6.54 Å². The number of aryl methyl sites for hydroxylation is 3. The van der Waals surface area contributed by atoms with E-state index in [1.165, 1.54) is 17.2 Å². The van der Waals surface area contributed by atoms with Crippen molar-refractivity contribution < 1.29 is 8.78 Å². The van der Waals surface area contributed by atoms with Crippen LogP contribution in [0.2, 0.25) is 0 Å². The van der Waals surface area contributed by atoms with Gasteiger partial charge in [-0.15, -0.1) is 0 Å². The van der Waals surface area contributed by atoms with Gasteiger partial charge >= 0.3 is 0 Å². The average Bonchev–Trinajstić information content (AvgIpc) is 2.36. The molecule has 0 amide bonds. The summed E-state index contributed by atoms with van der Waals surface area (Å²) in [5.74, 6) is -0.886. The van der Waals surface area contributed by atoms with E-state index < -0.39 is 11.6 Å². The van der Waals surface area contributed by atoms with Crippen LogP contribution < -0.4 is 5.32 Å². The molecular formula is C16H17F2N. The summed E-state index contributed by atoms with van der Waals surface area (Å²) in [6.45, 7) is 6.60. The molecule has 19 heavy (non-hydrogen) atoms. The molecule has 0 heterocycles. The number of rotatable bonds is 3. The minimum atomic E-state index is -0.444. The van der Waals surface area contributed by atoms with Crippen LogP contribution in [0.15, 0.2) is 30.3 Å². The third-order valence-corrected chi connectivity index (χ3v) is 3.35. The molecule has 0 aromatic heterocycles. The van der Waals surface area contributed by atoms with Crippen molar-refractivity contribution in [3.8, 4) is 0 Å².